The first-order chi connectivity index (χ1) is 17.0. The third-order valence-corrected chi connectivity index (χ3v) is 5.33. The fourth-order valence-corrected chi connectivity index (χ4v) is 3.68. The van der Waals surface area contributed by atoms with E-state index in [1.54, 1.807) is 42.5 Å². The van der Waals surface area contributed by atoms with Gasteiger partial charge in [-0.15, -0.1) is 0 Å². The van der Waals surface area contributed by atoms with Gasteiger partial charge in [0.1, 0.15) is 12.4 Å². The lowest BCUT2D eigenvalue weighted by atomic mass is 10.1. The maximum Gasteiger partial charge on any atom is 0.271 e. The maximum atomic E-state index is 12.4. The smallest absolute Gasteiger partial charge is 0.271 e. The zero-order chi connectivity index (χ0) is 25.0. The molecule has 35 heavy (non-hydrogen) atoms. The maximum absolute atomic E-state index is 12.4. The Labute approximate surface area is 213 Å². The number of nitrogens with zero attached hydrogens (tertiary/aromatic N) is 2. The lowest BCUT2D eigenvalue weighted by molar-refractivity contribution is 0.0955. The minimum Gasteiger partial charge on any atom is -0.494 e. The molecule has 1 amide bonds. The topological polar surface area (TPSA) is 92.9 Å². The molecule has 0 aromatic heterocycles. The van der Waals surface area contributed by atoms with Crippen LogP contribution in [0.15, 0.2) is 70.2 Å². The molecule has 0 spiro atoms. The first-order valence-electron chi connectivity index (χ1n) is 11.2. The number of nitrogens with one attached hydrogen (secondary N) is 1. The summed E-state index contributed by atoms with van der Waals surface area (Å²) in [7, 11) is 0. The fourth-order valence-electron chi connectivity index (χ4n) is 3.10. The van der Waals surface area contributed by atoms with E-state index in [9.17, 15) is 4.79 Å². The molecule has 0 saturated heterocycles. The van der Waals surface area contributed by atoms with E-state index in [2.05, 4.69) is 32.5 Å². The SMILES string of the molecule is CCCOc1ccc(C(=O)N/N=C\c2cc(Br)c(OCc3cccc(C#N)c3)c(OCC)c2)cc1. The summed E-state index contributed by atoms with van der Waals surface area (Å²) < 4.78 is 18.0. The van der Waals surface area contributed by atoms with Crippen molar-refractivity contribution in [2.45, 2.75) is 26.9 Å². The largest absolute Gasteiger partial charge is 0.494 e. The number of benzene rings is 3. The average molecular weight is 536 g/mol. The average Bonchev–Trinajstić information content (AvgIpc) is 2.87. The van der Waals surface area contributed by atoms with Gasteiger partial charge in [-0.25, -0.2) is 5.43 Å². The molecule has 0 radical (unpaired) electrons. The van der Waals surface area contributed by atoms with Crippen LogP contribution in [0.4, 0.5) is 0 Å². The van der Waals surface area contributed by atoms with E-state index >= 15 is 0 Å². The van der Waals surface area contributed by atoms with Crippen molar-refractivity contribution in [2.24, 2.45) is 5.10 Å². The molecule has 3 aromatic carbocycles. The summed E-state index contributed by atoms with van der Waals surface area (Å²) in [5.41, 5.74) is 5.16. The molecular weight excluding hydrogens is 510 g/mol. The highest BCUT2D eigenvalue weighted by molar-refractivity contribution is 9.10. The predicted molar refractivity (Wildman–Crippen MR) is 138 cm³/mol. The normalized spacial score (nSPS) is 10.6. The quantitative estimate of drug-likeness (QED) is 0.245. The number of amides is 1. The molecule has 0 bridgehead atoms. The molecule has 0 fully saturated rings. The summed E-state index contributed by atoms with van der Waals surface area (Å²) >= 11 is 3.53. The van der Waals surface area contributed by atoms with Gasteiger partial charge in [0.05, 0.1) is 35.5 Å². The number of hydrazone groups is 1. The van der Waals surface area contributed by atoms with Crippen molar-refractivity contribution in [3.63, 3.8) is 0 Å². The van der Waals surface area contributed by atoms with Gasteiger partial charge in [0.2, 0.25) is 0 Å². The molecule has 8 heteroatoms. The number of rotatable bonds is 11. The summed E-state index contributed by atoms with van der Waals surface area (Å²) in [6.07, 6.45) is 2.45. The second-order valence-corrected chi connectivity index (χ2v) is 8.29. The Hall–Kier alpha value is -3.83. The molecule has 7 nitrogen and oxygen atoms in total. The Morgan fingerprint density at radius 1 is 1.09 bits per heavy atom. The van der Waals surface area contributed by atoms with E-state index in [-0.39, 0.29) is 12.5 Å². The number of halogens is 1. The highest BCUT2D eigenvalue weighted by atomic mass is 79.9. The first-order valence-corrected chi connectivity index (χ1v) is 12.0. The van der Waals surface area contributed by atoms with Crippen LogP contribution < -0.4 is 19.6 Å². The van der Waals surface area contributed by atoms with Crippen LogP contribution >= 0.6 is 15.9 Å². The Bertz CT molecular complexity index is 1220. The standard InChI is InChI=1S/C27H26BrN3O4/c1-3-12-34-23-10-8-22(9-11-23)27(32)31-30-17-21-14-24(28)26(25(15-21)33-4-2)35-18-20-7-5-6-19(13-20)16-29/h5-11,13-15,17H,3-4,12,18H2,1-2H3,(H,31,32)/b30-17-. The van der Waals surface area contributed by atoms with Crippen LogP contribution in [0.3, 0.4) is 0 Å². The molecule has 0 aliphatic carbocycles. The number of carbonyl (C=O) groups excluding carboxylic acids is 1. The number of nitriles is 1. The summed E-state index contributed by atoms with van der Waals surface area (Å²) in [5.74, 6) is 1.47. The van der Waals surface area contributed by atoms with Gasteiger partial charge in [-0.05, 0) is 88.9 Å². The van der Waals surface area contributed by atoms with Crippen LogP contribution in [0.1, 0.15) is 47.3 Å². The van der Waals surface area contributed by atoms with Gasteiger partial charge in [0.15, 0.2) is 11.5 Å². The van der Waals surface area contributed by atoms with Crippen LogP contribution in [-0.4, -0.2) is 25.3 Å². The Kier molecular flexibility index (Phi) is 9.69. The third kappa shape index (κ3) is 7.59. The van der Waals surface area contributed by atoms with Crippen LogP contribution in [-0.2, 0) is 6.61 Å². The Morgan fingerprint density at radius 2 is 1.89 bits per heavy atom. The van der Waals surface area contributed by atoms with Gasteiger partial charge in [0, 0.05) is 5.56 Å². The molecule has 0 atom stereocenters. The van der Waals surface area contributed by atoms with E-state index in [1.165, 1.54) is 6.21 Å². The Balaban J connectivity index is 1.67. The lowest BCUT2D eigenvalue weighted by Gasteiger charge is -2.15. The second-order valence-electron chi connectivity index (χ2n) is 7.44. The zero-order valence-corrected chi connectivity index (χ0v) is 21.2. The summed E-state index contributed by atoms with van der Waals surface area (Å²) in [6.45, 7) is 5.27. The summed E-state index contributed by atoms with van der Waals surface area (Å²) in [5, 5.41) is 13.2. The van der Waals surface area contributed by atoms with Crippen molar-refractivity contribution in [3.8, 4) is 23.3 Å². The molecule has 0 saturated carbocycles. The van der Waals surface area contributed by atoms with E-state index in [0.717, 1.165) is 17.7 Å². The lowest BCUT2D eigenvalue weighted by Crippen LogP contribution is -2.17. The summed E-state index contributed by atoms with van der Waals surface area (Å²) in [4.78, 5) is 12.4. The molecule has 180 valence electrons. The fraction of sp³-hybridized carbons (Fsp3) is 0.222. The molecule has 1 N–H and O–H groups in total. The van der Waals surface area contributed by atoms with Gasteiger partial charge in [-0.3, -0.25) is 4.79 Å². The highest BCUT2D eigenvalue weighted by Gasteiger charge is 2.13. The molecule has 0 unspecified atom stereocenters. The monoisotopic (exact) mass is 535 g/mol. The van der Waals surface area contributed by atoms with Crippen molar-refractivity contribution < 1.29 is 19.0 Å². The molecule has 3 rings (SSSR count). The van der Waals surface area contributed by atoms with E-state index in [4.69, 9.17) is 19.5 Å². The molecule has 0 aliphatic rings. The molecule has 3 aromatic rings. The van der Waals surface area contributed by atoms with Gasteiger partial charge in [-0.2, -0.15) is 10.4 Å². The zero-order valence-electron chi connectivity index (χ0n) is 19.6. The van der Waals surface area contributed by atoms with Gasteiger partial charge < -0.3 is 14.2 Å². The van der Waals surface area contributed by atoms with Crippen LogP contribution in [0, 0.1) is 11.3 Å². The minimum absolute atomic E-state index is 0.278. The van der Waals surface area contributed by atoms with Crippen LogP contribution in [0.2, 0.25) is 0 Å². The first kappa shape index (κ1) is 25.8. The number of hydrogen-bond donors (Lipinski definition) is 1. The highest BCUT2D eigenvalue weighted by Crippen LogP contribution is 2.37. The minimum atomic E-state index is -0.327. The number of carbonyl (C=O) groups is 1. The number of hydrogen-bond acceptors (Lipinski definition) is 6. The van der Waals surface area contributed by atoms with E-state index in [1.807, 2.05) is 32.0 Å². The van der Waals surface area contributed by atoms with Gasteiger partial charge in [-0.1, -0.05) is 19.1 Å². The summed E-state index contributed by atoms with van der Waals surface area (Å²) in [6, 6.07) is 19.9. The predicted octanol–water partition coefficient (Wildman–Crippen LogP) is 5.85. The molecular formula is C27H26BrN3O4. The van der Waals surface area contributed by atoms with Crippen LogP contribution in [0.25, 0.3) is 0 Å². The van der Waals surface area contributed by atoms with Gasteiger partial charge >= 0.3 is 0 Å². The second kappa shape index (κ2) is 13.2. The number of ether oxygens (including phenoxy) is 3. The van der Waals surface area contributed by atoms with Crippen molar-refractivity contribution in [2.75, 3.05) is 13.2 Å². The molecule has 0 heterocycles. The third-order valence-electron chi connectivity index (χ3n) is 4.74. The Morgan fingerprint density at radius 3 is 2.60 bits per heavy atom. The van der Waals surface area contributed by atoms with Crippen molar-refractivity contribution in [3.05, 3.63) is 87.4 Å². The van der Waals surface area contributed by atoms with E-state index < -0.39 is 0 Å². The van der Waals surface area contributed by atoms with Gasteiger partial charge in [0.25, 0.3) is 5.91 Å². The van der Waals surface area contributed by atoms with E-state index in [0.29, 0.717) is 45.9 Å². The van der Waals surface area contributed by atoms with Crippen molar-refractivity contribution in [1.29, 1.82) is 5.26 Å². The van der Waals surface area contributed by atoms with Crippen molar-refractivity contribution >= 4 is 28.1 Å². The molecule has 0 aliphatic heterocycles. The van der Waals surface area contributed by atoms with Crippen molar-refractivity contribution in [1.82, 2.24) is 5.43 Å². The van der Waals surface area contributed by atoms with Crippen LogP contribution in [0.5, 0.6) is 17.2 Å².